The van der Waals surface area contributed by atoms with E-state index in [4.69, 9.17) is 4.74 Å². The minimum absolute atomic E-state index is 0.606. The van der Waals surface area contributed by atoms with Crippen LogP contribution in [0.1, 0.15) is 5.69 Å². The fourth-order valence-corrected chi connectivity index (χ4v) is 4.35. The fraction of sp³-hybridized carbons (Fsp3) is 0.125. The second-order valence-electron chi connectivity index (χ2n) is 4.50. The first-order valence-corrected chi connectivity index (χ1v) is 9.64. The smallest absolute Gasteiger partial charge is 0.0880 e. The molecular weight excluding hydrogens is 381 g/mol. The van der Waals surface area contributed by atoms with Gasteiger partial charge in [0.05, 0.1) is 17.8 Å². The predicted octanol–water partition coefficient (Wildman–Crippen LogP) is 5.30. The van der Waals surface area contributed by atoms with E-state index in [9.17, 15) is 0 Å². The zero-order valence-electron chi connectivity index (χ0n) is 11.0. The van der Waals surface area contributed by atoms with Crippen molar-refractivity contribution < 1.29 is 4.74 Å². The SMILES string of the molecule is COCc1c(-c2ccccc2)c2ccccc2n1SI. The molecule has 3 aromatic rings. The Labute approximate surface area is 134 Å². The predicted molar refractivity (Wildman–Crippen MR) is 95.1 cm³/mol. The first-order chi connectivity index (χ1) is 9.86. The Morgan fingerprint density at radius 1 is 1.05 bits per heavy atom. The number of nitrogens with zero attached hydrogens (tertiary/aromatic N) is 1. The van der Waals surface area contributed by atoms with Crippen LogP contribution in [0.4, 0.5) is 0 Å². The Morgan fingerprint density at radius 2 is 1.75 bits per heavy atom. The summed E-state index contributed by atoms with van der Waals surface area (Å²) in [6, 6.07) is 19.0. The molecule has 0 aliphatic carbocycles. The van der Waals surface area contributed by atoms with E-state index in [1.54, 1.807) is 16.2 Å². The van der Waals surface area contributed by atoms with Crippen LogP contribution in [0, 0.1) is 0 Å². The van der Waals surface area contributed by atoms with Gasteiger partial charge in [-0.15, -0.1) is 0 Å². The van der Waals surface area contributed by atoms with Crippen molar-refractivity contribution in [1.82, 2.24) is 3.97 Å². The molecule has 102 valence electrons. The summed E-state index contributed by atoms with van der Waals surface area (Å²) in [6.45, 7) is 0.606. The Hall–Kier alpha value is -0.980. The molecule has 0 radical (unpaired) electrons. The lowest BCUT2D eigenvalue weighted by molar-refractivity contribution is 0.182. The molecule has 0 aliphatic rings. The van der Waals surface area contributed by atoms with E-state index in [0.717, 1.165) is 0 Å². The zero-order chi connectivity index (χ0) is 13.9. The van der Waals surface area contributed by atoms with Gasteiger partial charge < -0.3 is 4.74 Å². The molecule has 0 bridgehead atoms. The fourth-order valence-electron chi connectivity index (χ4n) is 2.54. The van der Waals surface area contributed by atoms with Gasteiger partial charge in [-0.25, -0.2) is 0 Å². The minimum Gasteiger partial charge on any atom is -0.378 e. The second-order valence-corrected chi connectivity index (χ2v) is 6.19. The van der Waals surface area contributed by atoms with Crippen molar-refractivity contribution in [2.75, 3.05) is 7.11 Å². The number of hydrogen-bond acceptors (Lipinski definition) is 2. The van der Waals surface area contributed by atoms with Gasteiger partial charge in [0, 0.05) is 48.4 Å². The van der Waals surface area contributed by atoms with Gasteiger partial charge in [0.1, 0.15) is 0 Å². The standard InChI is InChI=1S/C16H14INOS/c1-19-11-15-16(12-7-3-2-4-8-12)13-9-5-6-10-14(13)18(15)20-17/h2-10H,11H2,1H3. The van der Waals surface area contributed by atoms with Crippen LogP contribution < -0.4 is 0 Å². The van der Waals surface area contributed by atoms with E-state index in [1.807, 2.05) is 6.07 Å². The zero-order valence-corrected chi connectivity index (χ0v) is 14.0. The van der Waals surface area contributed by atoms with Crippen LogP contribution in [-0.4, -0.2) is 11.1 Å². The lowest BCUT2D eigenvalue weighted by Crippen LogP contribution is -1.96. The second kappa shape index (κ2) is 6.20. The lowest BCUT2D eigenvalue weighted by atomic mass is 10.0. The molecule has 0 atom stereocenters. The van der Waals surface area contributed by atoms with Crippen LogP contribution in [0.5, 0.6) is 0 Å². The van der Waals surface area contributed by atoms with Crippen molar-refractivity contribution in [3.8, 4) is 11.1 Å². The van der Waals surface area contributed by atoms with Gasteiger partial charge in [-0.05, 0) is 11.6 Å². The van der Waals surface area contributed by atoms with Gasteiger partial charge in [-0.1, -0.05) is 48.5 Å². The maximum Gasteiger partial charge on any atom is 0.0880 e. The summed E-state index contributed by atoms with van der Waals surface area (Å²) in [5.74, 6) is 0. The number of ether oxygens (including phenoxy) is 1. The monoisotopic (exact) mass is 395 g/mol. The Balaban J connectivity index is 2.36. The van der Waals surface area contributed by atoms with Gasteiger partial charge >= 0.3 is 0 Å². The molecule has 0 amide bonds. The Bertz CT molecular complexity index is 724. The highest BCUT2D eigenvalue weighted by Gasteiger charge is 2.17. The highest BCUT2D eigenvalue weighted by atomic mass is 127. The maximum absolute atomic E-state index is 5.42. The van der Waals surface area contributed by atoms with Gasteiger partial charge in [0.15, 0.2) is 0 Å². The summed E-state index contributed by atoms with van der Waals surface area (Å²) < 4.78 is 7.68. The molecule has 20 heavy (non-hydrogen) atoms. The van der Waals surface area contributed by atoms with Crippen LogP contribution in [-0.2, 0) is 11.3 Å². The van der Waals surface area contributed by atoms with E-state index in [-0.39, 0.29) is 0 Å². The molecule has 0 fully saturated rings. The Kier molecular flexibility index (Phi) is 4.33. The van der Waals surface area contributed by atoms with Crippen molar-refractivity contribution in [2.45, 2.75) is 6.61 Å². The summed E-state index contributed by atoms with van der Waals surface area (Å²) >= 11 is 2.32. The maximum atomic E-state index is 5.42. The quantitative estimate of drug-likeness (QED) is 0.557. The van der Waals surface area contributed by atoms with Crippen molar-refractivity contribution in [3.05, 3.63) is 60.3 Å². The first kappa shape index (κ1) is 14.0. The average molecular weight is 395 g/mol. The largest absolute Gasteiger partial charge is 0.378 e. The molecule has 1 heterocycles. The lowest BCUT2D eigenvalue weighted by Gasteiger charge is -2.07. The van der Waals surface area contributed by atoms with E-state index in [2.05, 4.69) is 73.7 Å². The molecular formula is C16H14INOS. The van der Waals surface area contributed by atoms with Crippen molar-refractivity contribution in [3.63, 3.8) is 0 Å². The van der Waals surface area contributed by atoms with Gasteiger partial charge in [-0.3, -0.25) is 3.97 Å². The number of rotatable bonds is 4. The number of methoxy groups -OCH3 is 1. The van der Waals surface area contributed by atoms with E-state index >= 15 is 0 Å². The van der Waals surface area contributed by atoms with Crippen LogP contribution >= 0.6 is 30.3 Å². The molecule has 0 N–H and O–H groups in total. The third-order valence-electron chi connectivity index (χ3n) is 3.34. The molecule has 0 unspecified atom stereocenters. The van der Waals surface area contributed by atoms with Crippen LogP contribution in [0.25, 0.3) is 22.0 Å². The molecule has 0 spiro atoms. The molecule has 0 saturated heterocycles. The van der Waals surface area contributed by atoms with Crippen LogP contribution in [0.15, 0.2) is 54.6 Å². The highest BCUT2D eigenvalue weighted by Crippen LogP contribution is 2.39. The number of aromatic nitrogens is 1. The average Bonchev–Trinajstić information content (AvgIpc) is 2.82. The van der Waals surface area contributed by atoms with Gasteiger partial charge in [0.25, 0.3) is 0 Å². The Morgan fingerprint density at radius 3 is 2.45 bits per heavy atom. The third-order valence-corrected chi connectivity index (χ3v) is 5.08. The van der Waals surface area contributed by atoms with Crippen molar-refractivity contribution in [1.29, 1.82) is 0 Å². The molecule has 0 aliphatic heterocycles. The van der Waals surface area contributed by atoms with E-state index in [0.29, 0.717) is 6.61 Å². The molecule has 3 rings (SSSR count). The summed E-state index contributed by atoms with van der Waals surface area (Å²) in [7, 11) is 3.43. The summed E-state index contributed by atoms with van der Waals surface area (Å²) in [4.78, 5) is 0. The molecule has 2 aromatic carbocycles. The summed E-state index contributed by atoms with van der Waals surface area (Å²) in [6.07, 6.45) is 0. The highest BCUT2D eigenvalue weighted by molar-refractivity contribution is 14.2. The number of halogens is 1. The number of hydrogen-bond donors (Lipinski definition) is 0. The van der Waals surface area contributed by atoms with Crippen LogP contribution in [0.2, 0.25) is 0 Å². The van der Waals surface area contributed by atoms with Crippen molar-refractivity contribution in [2.24, 2.45) is 0 Å². The number of para-hydroxylation sites is 1. The van der Waals surface area contributed by atoms with E-state index < -0.39 is 0 Å². The topological polar surface area (TPSA) is 14.2 Å². The van der Waals surface area contributed by atoms with Crippen molar-refractivity contribution >= 4 is 41.2 Å². The summed E-state index contributed by atoms with van der Waals surface area (Å²) in [5.41, 5.74) is 4.95. The normalized spacial score (nSPS) is 11.1. The minimum atomic E-state index is 0.606. The summed E-state index contributed by atoms with van der Waals surface area (Å²) in [5, 5.41) is 1.27. The number of fused-ring (bicyclic) bond motifs is 1. The molecule has 4 heteroatoms. The first-order valence-electron chi connectivity index (χ1n) is 6.32. The van der Waals surface area contributed by atoms with Crippen LogP contribution in [0.3, 0.4) is 0 Å². The molecule has 2 nitrogen and oxygen atoms in total. The molecule has 0 saturated carbocycles. The molecule has 1 aromatic heterocycles. The number of benzene rings is 2. The van der Waals surface area contributed by atoms with E-state index in [1.165, 1.54) is 27.7 Å². The van der Waals surface area contributed by atoms with Gasteiger partial charge in [-0.2, -0.15) is 0 Å². The third kappa shape index (κ3) is 2.36. The van der Waals surface area contributed by atoms with Gasteiger partial charge in [0.2, 0.25) is 0 Å².